The van der Waals surface area contributed by atoms with Gasteiger partial charge in [0, 0.05) is 23.4 Å². The highest BCUT2D eigenvalue weighted by molar-refractivity contribution is 7.80. The van der Waals surface area contributed by atoms with Crippen LogP contribution in [0.3, 0.4) is 0 Å². The Morgan fingerprint density at radius 3 is 2.00 bits per heavy atom. The topological polar surface area (TPSA) is 88.7 Å². The van der Waals surface area contributed by atoms with Crippen LogP contribution in [0.1, 0.15) is 26.3 Å². The van der Waals surface area contributed by atoms with Crippen LogP contribution in [0, 0.1) is 0 Å². The largest absolute Gasteiger partial charge is 0.490 e. The van der Waals surface area contributed by atoms with Crippen molar-refractivity contribution in [3.63, 3.8) is 0 Å². The van der Waals surface area contributed by atoms with Gasteiger partial charge in [-0.3, -0.25) is 14.9 Å². The van der Waals surface area contributed by atoms with Crippen LogP contribution in [0.2, 0.25) is 0 Å². The summed E-state index contributed by atoms with van der Waals surface area (Å²) in [6, 6.07) is 32.8. The summed E-state index contributed by atoms with van der Waals surface area (Å²) in [6.07, 6.45) is 0. The van der Waals surface area contributed by atoms with E-state index in [1.165, 1.54) is 0 Å². The standard InChI is InChI=1S/C30H27N3O4S/c34-28(31-21-22-8-3-1-4-9-22)23-14-16-25(17-15-23)32-30(38)33-29(35)24-10-7-13-27(20-24)37-19-18-36-26-11-5-2-6-12-26/h1-17,20H,18-19,21H2,(H,31,34)(H2,32,33,35,38). The van der Waals surface area contributed by atoms with Crippen molar-refractivity contribution in [1.82, 2.24) is 10.6 Å². The first-order valence-corrected chi connectivity index (χ1v) is 12.4. The third-order valence-electron chi connectivity index (χ3n) is 5.39. The molecule has 0 saturated carbocycles. The molecule has 0 saturated heterocycles. The number of anilines is 1. The smallest absolute Gasteiger partial charge is 0.257 e. The molecular formula is C30H27N3O4S. The second kappa shape index (κ2) is 13.6. The lowest BCUT2D eigenvalue weighted by molar-refractivity contribution is 0.0948. The summed E-state index contributed by atoms with van der Waals surface area (Å²) in [7, 11) is 0. The van der Waals surface area contributed by atoms with Crippen molar-refractivity contribution in [2.24, 2.45) is 0 Å². The molecule has 0 aliphatic rings. The molecule has 0 fully saturated rings. The summed E-state index contributed by atoms with van der Waals surface area (Å²) in [6.45, 7) is 1.16. The molecule has 8 heteroatoms. The fourth-order valence-electron chi connectivity index (χ4n) is 3.49. The van der Waals surface area contributed by atoms with Gasteiger partial charge in [0.1, 0.15) is 24.7 Å². The van der Waals surface area contributed by atoms with Gasteiger partial charge in [0.05, 0.1) is 0 Å². The van der Waals surface area contributed by atoms with E-state index in [1.54, 1.807) is 48.5 Å². The van der Waals surface area contributed by atoms with Gasteiger partial charge in [-0.1, -0.05) is 54.6 Å². The van der Waals surface area contributed by atoms with Gasteiger partial charge in [-0.05, 0) is 72.4 Å². The Bertz CT molecular complexity index is 1360. The van der Waals surface area contributed by atoms with Crippen LogP contribution in [-0.4, -0.2) is 30.1 Å². The van der Waals surface area contributed by atoms with Crippen LogP contribution in [0.25, 0.3) is 0 Å². The van der Waals surface area contributed by atoms with E-state index < -0.39 is 0 Å². The number of carbonyl (C=O) groups is 2. The maximum atomic E-state index is 12.7. The molecule has 0 atom stereocenters. The van der Waals surface area contributed by atoms with Crippen LogP contribution in [-0.2, 0) is 6.54 Å². The van der Waals surface area contributed by atoms with Gasteiger partial charge < -0.3 is 20.1 Å². The highest BCUT2D eigenvalue weighted by Gasteiger charge is 2.10. The normalized spacial score (nSPS) is 10.2. The second-order valence-electron chi connectivity index (χ2n) is 8.19. The molecule has 2 amide bonds. The Morgan fingerprint density at radius 2 is 1.29 bits per heavy atom. The molecule has 4 aromatic rings. The Kier molecular flexibility index (Phi) is 9.42. The number of carbonyl (C=O) groups excluding carboxylic acids is 2. The summed E-state index contributed by atoms with van der Waals surface area (Å²) in [4.78, 5) is 25.1. The zero-order valence-corrected chi connectivity index (χ0v) is 21.4. The number of para-hydroxylation sites is 1. The number of rotatable bonds is 10. The molecule has 0 radical (unpaired) electrons. The molecule has 0 bridgehead atoms. The summed E-state index contributed by atoms with van der Waals surface area (Å²) < 4.78 is 11.3. The van der Waals surface area contributed by atoms with Gasteiger partial charge in [0.15, 0.2) is 5.11 Å². The molecule has 192 valence electrons. The van der Waals surface area contributed by atoms with Crippen LogP contribution < -0.4 is 25.4 Å². The van der Waals surface area contributed by atoms with Gasteiger partial charge in [0.25, 0.3) is 11.8 Å². The highest BCUT2D eigenvalue weighted by atomic mass is 32.1. The number of amides is 2. The van der Waals surface area contributed by atoms with Crippen LogP contribution >= 0.6 is 12.2 Å². The van der Waals surface area contributed by atoms with E-state index in [1.807, 2.05) is 60.7 Å². The van der Waals surface area contributed by atoms with Gasteiger partial charge in [-0.25, -0.2) is 0 Å². The quantitative estimate of drug-likeness (QED) is 0.195. The SMILES string of the molecule is O=C(NCc1ccccc1)c1ccc(NC(=S)NC(=O)c2cccc(OCCOc3ccccc3)c2)cc1. The molecule has 0 aliphatic carbocycles. The number of nitrogens with one attached hydrogen (secondary N) is 3. The second-order valence-corrected chi connectivity index (χ2v) is 8.60. The van der Waals surface area contributed by atoms with Crippen LogP contribution in [0.5, 0.6) is 11.5 Å². The Morgan fingerprint density at radius 1 is 0.658 bits per heavy atom. The monoisotopic (exact) mass is 525 g/mol. The highest BCUT2D eigenvalue weighted by Crippen LogP contribution is 2.15. The third-order valence-corrected chi connectivity index (χ3v) is 5.59. The minimum Gasteiger partial charge on any atom is -0.490 e. The van der Waals surface area contributed by atoms with Crippen molar-refractivity contribution in [3.05, 3.63) is 126 Å². The predicted octanol–water partition coefficient (Wildman–Crippen LogP) is 5.20. The number of hydrogen-bond donors (Lipinski definition) is 3. The van der Waals surface area contributed by atoms with E-state index in [2.05, 4.69) is 16.0 Å². The van der Waals surface area contributed by atoms with Crippen LogP contribution in [0.15, 0.2) is 109 Å². The number of thiocarbonyl (C=S) groups is 1. The zero-order valence-electron chi connectivity index (χ0n) is 20.6. The Balaban J connectivity index is 1.22. The van der Waals surface area contributed by atoms with Gasteiger partial charge in [-0.15, -0.1) is 0 Å². The van der Waals surface area contributed by atoms with Gasteiger partial charge in [-0.2, -0.15) is 0 Å². The summed E-state index contributed by atoms with van der Waals surface area (Å²) in [5, 5.41) is 8.64. The fourth-order valence-corrected chi connectivity index (χ4v) is 3.70. The third kappa shape index (κ3) is 8.18. The minimum absolute atomic E-state index is 0.138. The molecule has 0 spiro atoms. The average Bonchev–Trinajstić information content (AvgIpc) is 2.95. The first kappa shape index (κ1) is 26.4. The molecule has 0 aromatic heterocycles. The predicted molar refractivity (Wildman–Crippen MR) is 152 cm³/mol. The van der Waals surface area contributed by atoms with Crippen molar-refractivity contribution in [3.8, 4) is 11.5 Å². The molecule has 3 N–H and O–H groups in total. The molecule has 38 heavy (non-hydrogen) atoms. The number of benzene rings is 4. The van der Waals surface area contributed by atoms with Crippen molar-refractivity contribution in [2.75, 3.05) is 18.5 Å². The molecule has 0 aliphatic heterocycles. The molecule has 4 aromatic carbocycles. The molecule has 0 heterocycles. The maximum absolute atomic E-state index is 12.7. The molecule has 7 nitrogen and oxygen atoms in total. The summed E-state index contributed by atoms with van der Waals surface area (Å²) in [5.41, 5.74) is 2.59. The first-order valence-electron chi connectivity index (χ1n) is 12.0. The fraction of sp³-hybridized carbons (Fsp3) is 0.100. The van der Waals surface area contributed by atoms with E-state index >= 15 is 0 Å². The lowest BCUT2D eigenvalue weighted by Crippen LogP contribution is -2.34. The lowest BCUT2D eigenvalue weighted by atomic mass is 10.1. The summed E-state index contributed by atoms with van der Waals surface area (Å²) >= 11 is 5.29. The average molecular weight is 526 g/mol. The van der Waals surface area contributed by atoms with Crippen molar-refractivity contribution in [2.45, 2.75) is 6.54 Å². The Hall–Kier alpha value is -4.69. The maximum Gasteiger partial charge on any atom is 0.257 e. The van der Waals surface area contributed by atoms with Crippen LogP contribution in [0.4, 0.5) is 5.69 Å². The van der Waals surface area contributed by atoms with Crippen molar-refractivity contribution < 1.29 is 19.1 Å². The summed E-state index contributed by atoms with van der Waals surface area (Å²) in [5.74, 6) is 0.774. The number of ether oxygens (including phenoxy) is 2. The zero-order chi connectivity index (χ0) is 26.6. The van der Waals surface area contributed by atoms with E-state index in [4.69, 9.17) is 21.7 Å². The van der Waals surface area contributed by atoms with Gasteiger partial charge in [0.2, 0.25) is 0 Å². The molecule has 0 unspecified atom stereocenters. The van der Waals surface area contributed by atoms with Crippen molar-refractivity contribution in [1.29, 1.82) is 0 Å². The van der Waals surface area contributed by atoms with E-state index in [-0.39, 0.29) is 16.9 Å². The Labute approximate surface area is 226 Å². The minimum atomic E-state index is -0.370. The molecule has 4 rings (SSSR count). The molecular weight excluding hydrogens is 498 g/mol. The van der Waals surface area contributed by atoms with E-state index in [0.717, 1.165) is 11.3 Å². The number of hydrogen-bond acceptors (Lipinski definition) is 5. The van der Waals surface area contributed by atoms with Crippen molar-refractivity contribution >= 4 is 34.8 Å². The van der Waals surface area contributed by atoms with E-state index in [9.17, 15) is 9.59 Å². The van der Waals surface area contributed by atoms with E-state index in [0.29, 0.717) is 42.3 Å². The lowest BCUT2D eigenvalue weighted by Gasteiger charge is -2.12. The first-order chi connectivity index (χ1) is 18.6. The van der Waals surface area contributed by atoms with Gasteiger partial charge >= 0.3 is 0 Å².